The molecule has 1 aromatic carbocycles. The molecule has 0 bridgehead atoms. The summed E-state index contributed by atoms with van der Waals surface area (Å²) in [7, 11) is 1.61. The lowest BCUT2D eigenvalue weighted by molar-refractivity contribution is 0.198. The third-order valence-electron chi connectivity index (χ3n) is 2.59. The van der Waals surface area contributed by atoms with Crippen LogP contribution in [0.15, 0.2) is 41.0 Å². The highest BCUT2D eigenvalue weighted by molar-refractivity contribution is 9.10. The lowest BCUT2D eigenvalue weighted by Gasteiger charge is -2.10. The van der Waals surface area contributed by atoms with E-state index in [0.717, 1.165) is 15.8 Å². The SMILES string of the molecule is COc1ccc(Oc2cc([C@@H](C)O)ccn2)c(Br)c1. The van der Waals surface area contributed by atoms with E-state index in [-0.39, 0.29) is 0 Å². The zero-order chi connectivity index (χ0) is 13.8. The van der Waals surface area contributed by atoms with Crippen molar-refractivity contribution in [1.29, 1.82) is 0 Å². The van der Waals surface area contributed by atoms with Crippen LogP contribution in [-0.2, 0) is 0 Å². The second-order valence-corrected chi connectivity index (χ2v) is 4.86. The molecular formula is C14H14BrNO3. The number of methoxy groups -OCH3 is 1. The van der Waals surface area contributed by atoms with E-state index in [1.54, 1.807) is 44.5 Å². The van der Waals surface area contributed by atoms with Gasteiger partial charge in [0.25, 0.3) is 0 Å². The Kier molecular flexibility index (Phi) is 4.39. The molecule has 0 amide bonds. The number of halogens is 1. The molecule has 0 unspecified atom stereocenters. The molecule has 0 saturated carbocycles. The molecule has 2 rings (SSSR count). The Morgan fingerprint density at radius 1 is 1.26 bits per heavy atom. The van der Waals surface area contributed by atoms with Crippen molar-refractivity contribution in [2.45, 2.75) is 13.0 Å². The van der Waals surface area contributed by atoms with E-state index in [0.29, 0.717) is 11.6 Å². The molecule has 2 aromatic rings. The fraction of sp³-hybridized carbons (Fsp3) is 0.214. The van der Waals surface area contributed by atoms with E-state index < -0.39 is 6.10 Å². The number of benzene rings is 1. The first kappa shape index (κ1) is 13.8. The number of hydrogen-bond donors (Lipinski definition) is 1. The van der Waals surface area contributed by atoms with Crippen molar-refractivity contribution < 1.29 is 14.6 Å². The Labute approximate surface area is 120 Å². The molecule has 0 fully saturated rings. The molecular weight excluding hydrogens is 310 g/mol. The molecule has 1 atom stereocenters. The molecule has 0 spiro atoms. The van der Waals surface area contributed by atoms with E-state index in [2.05, 4.69) is 20.9 Å². The minimum atomic E-state index is -0.551. The number of hydrogen-bond acceptors (Lipinski definition) is 4. The summed E-state index contributed by atoms with van der Waals surface area (Å²) in [5, 5.41) is 9.53. The average Bonchev–Trinajstić information content (AvgIpc) is 2.41. The summed E-state index contributed by atoms with van der Waals surface area (Å²) >= 11 is 3.41. The number of ether oxygens (including phenoxy) is 2. The molecule has 5 heteroatoms. The molecule has 1 heterocycles. The van der Waals surface area contributed by atoms with Crippen LogP contribution in [0.1, 0.15) is 18.6 Å². The Bertz CT molecular complexity index is 572. The van der Waals surface area contributed by atoms with Gasteiger partial charge in [0.05, 0.1) is 17.7 Å². The zero-order valence-electron chi connectivity index (χ0n) is 10.6. The van der Waals surface area contributed by atoms with Crippen molar-refractivity contribution in [3.8, 4) is 17.4 Å². The molecule has 0 aliphatic carbocycles. The first-order chi connectivity index (χ1) is 9.10. The topological polar surface area (TPSA) is 51.6 Å². The maximum atomic E-state index is 9.53. The first-order valence-corrected chi connectivity index (χ1v) is 6.55. The minimum Gasteiger partial charge on any atom is -0.497 e. The van der Waals surface area contributed by atoms with Crippen LogP contribution in [0.3, 0.4) is 0 Å². The summed E-state index contributed by atoms with van der Waals surface area (Å²) < 4.78 is 11.6. The maximum absolute atomic E-state index is 9.53. The van der Waals surface area contributed by atoms with E-state index in [9.17, 15) is 5.11 Å². The van der Waals surface area contributed by atoms with Gasteiger partial charge in [-0.15, -0.1) is 0 Å². The van der Waals surface area contributed by atoms with Crippen molar-refractivity contribution in [3.63, 3.8) is 0 Å². The van der Waals surface area contributed by atoms with Crippen molar-refractivity contribution in [2.24, 2.45) is 0 Å². The quantitative estimate of drug-likeness (QED) is 0.932. The second kappa shape index (κ2) is 6.04. The van der Waals surface area contributed by atoms with Crippen LogP contribution in [0.25, 0.3) is 0 Å². The van der Waals surface area contributed by atoms with Crippen molar-refractivity contribution in [3.05, 3.63) is 46.6 Å². The van der Waals surface area contributed by atoms with Gasteiger partial charge >= 0.3 is 0 Å². The molecule has 0 aliphatic rings. The average molecular weight is 324 g/mol. The predicted octanol–water partition coefficient (Wildman–Crippen LogP) is 3.70. The Balaban J connectivity index is 2.23. The number of aromatic nitrogens is 1. The number of aliphatic hydroxyl groups is 1. The van der Waals surface area contributed by atoms with Crippen LogP contribution in [0.4, 0.5) is 0 Å². The van der Waals surface area contributed by atoms with Crippen LogP contribution in [-0.4, -0.2) is 17.2 Å². The van der Waals surface area contributed by atoms with Crippen molar-refractivity contribution in [2.75, 3.05) is 7.11 Å². The van der Waals surface area contributed by atoms with Gasteiger partial charge in [-0.3, -0.25) is 0 Å². The van der Waals surface area contributed by atoms with E-state index >= 15 is 0 Å². The van der Waals surface area contributed by atoms with Crippen LogP contribution < -0.4 is 9.47 Å². The molecule has 0 aliphatic heterocycles. The van der Waals surface area contributed by atoms with Gasteiger partial charge < -0.3 is 14.6 Å². The lowest BCUT2D eigenvalue weighted by Crippen LogP contribution is -1.94. The molecule has 100 valence electrons. The number of aliphatic hydroxyl groups excluding tert-OH is 1. The van der Waals surface area contributed by atoms with Gasteiger partial charge in [-0.25, -0.2) is 4.98 Å². The number of pyridine rings is 1. The highest BCUT2D eigenvalue weighted by Gasteiger charge is 2.07. The van der Waals surface area contributed by atoms with Gasteiger partial charge in [-0.2, -0.15) is 0 Å². The summed E-state index contributed by atoms with van der Waals surface area (Å²) in [5.74, 6) is 1.81. The van der Waals surface area contributed by atoms with Gasteiger partial charge in [-0.1, -0.05) is 0 Å². The first-order valence-electron chi connectivity index (χ1n) is 5.75. The number of rotatable bonds is 4. The standard InChI is InChI=1S/C14H14BrNO3/c1-9(17)10-5-6-16-14(7-10)19-13-4-3-11(18-2)8-12(13)15/h3-9,17H,1-2H3/t9-/m1/s1. The highest BCUT2D eigenvalue weighted by atomic mass is 79.9. The van der Waals surface area contributed by atoms with Crippen LogP contribution >= 0.6 is 15.9 Å². The second-order valence-electron chi connectivity index (χ2n) is 4.00. The number of nitrogens with zero attached hydrogens (tertiary/aromatic N) is 1. The summed E-state index contributed by atoms with van der Waals surface area (Å²) in [4.78, 5) is 4.12. The molecule has 1 N–H and O–H groups in total. The fourth-order valence-corrected chi connectivity index (χ4v) is 1.98. The van der Waals surface area contributed by atoms with Gasteiger partial charge in [0.1, 0.15) is 11.5 Å². The highest BCUT2D eigenvalue weighted by Crippen LogP contribution is 2.32. The zero-order valence-corrected chi connectivity index (χ0v) is 12.2. The summed E-state index contributed by atoms with van der Waals surface area (Å²) in [6.07, 6.45) is 1.05. The minimum absolute atomic E-state index is 0.435. The molecule has 1 aromatic heterocycles. The van der Waals surface area contributed by atoms with Crippen LogP contribution in [0, 0.1) is 0 Å². The largest absolute Gasteiger partial charge is 0.497 e. The summed E-state index contributed by atoms with van der Waals surface area (Å²) in [6, 6.07) is 8.87. The molecule has 4 nitrogen and oxygen atoms in total. The Morgan fingerprint density at radius 3 is 2.68 bits per heavy atom. The summed E-state index contributed by atoms with van der Waals surface area (Å²) in [5.41, 5.74) is 0.759. The molecule has 19 heavy (non-hydrogen) atoms. The smallest absolute Gasteiger partial charge is 0.219 e. The normalized spacial score (nSPS) is 12.0. The van der Waals surface area contributed by atoms with Crippen molar-refractivity contribution >= 4 is 15.9 Å². The van der Waals surface area contributed by atoms with Gasteiger partial charge in [0, 0.05) is 12.3 Å². The molecule has 0 radical (unpaired) electrons. The van der Waals surface area contributed by atoms with E-state index in [4.69, 9.17) is 9.47 Å². The van der Waals surface area contributed by atoms with E-state index in [1.807, 2.05) is 6.07 Å². The van der Waals surface area contributed by atoms with Crippen LogP contribution in [0.5, 0.6) is 17.4 Å². The molecule has 0 saturated heterocycles. The Hall–Kier alpha value is -1.59. The fourth-order valence-electron chi connectivity index (χ4n) is 1.54. The van der Waals surface area contributed by atoms with Gasteiger partial charge in [0.15, 0.2) is 0 Å². The van der Waals surface area contributed by atoms with E-state index in [1.165, 1.54) is 0 Å². The summed E-state index contributed by atoms with van der Waals surface area (Å²) in [6.45, 7) is 1.70. The van der Waals surface area contributed by atoms with Crippen LogP contribution in [0.2, 0.25) is 0 Å². The monoisotopic (exact) mass is 323 g/mol. The lowest BCUT2D eigenvalue weighted by atomic mass is 10.2. The maximum Gasteiger partial charge on any atom is 0.219 e. The third-order valence-corrected chi connectivity index (χ3v) is 3.21. The van der Waals surface area contributed by atoms with Gasteiger partial charge in [-0.05, 0) is 52.7 Å². The van der Waals surface area contributed by atoms with Crippen molar-refractivity contribution in [1.82, 2.24) is 4.98 Å². The predicted molar refractivity (Wildman–Crippen MR) is 75.6 cm³/mol. The Morgan fingerprint density at radius 2 is 2.05 bits per heavy atom. The van der Waals surface area contributed by atoms with Gasteiger partial charge in [0.2, 0.25) is 5.88 Å². The third kappa shape index (κ3) is 3.45.